The molecule has 0 aliphatic carbocycles. The van der Waals surface area contributed by atoms with Crippen molar-refractivity contribution < 1.29 is 0 Å². The molecule has 0 saturated carbocycles. The highest BCUT2D eigenvalue weighted by Crippen LogP contribution is 2.24. The van der Waals surface area contributed by atoms with E-state index in [-0.39, 0.29) is 6.04 Å². The van der Waals surface area contributed by atoms with Gasteiger partial charge in [-0.2, -0.15) is 5.10 Å². The van der Waals surface area contributed by atoms with E-state index in [0.717, 1.165) is 19.4 Å². The summed E-state index contributed by atoms with van der Waals surface area (Å²) < 4.78 is 1.84. The molecule has 1 atom stereocenters. The molecule has 2 N–H and O–H groups in total. The number of hydrogen-bond donors (Lipinski definition) is 1. The molecule has 1 aromatic heterocycles. The molecule has 1 aromatic carbocycles. The van der Waals surface area contributed by atoms with Crippen LogP contribution in [-0.4, -0.2) is 22.9 Å². The van der Waals surface area contributed by atoms with Gasteiger partial charge in [0, 0.05) is 44.1 Å². The summed E-state index contributed by atoms with van der Waals surface area (Å²) in [6.45, 7) is 5.12. The van der Waals surface area contributed by atoms with Crippen LogP contribution in [0.5, 0.6) is 0 Å². The number of hydrogen-bond acceptors (Lipinski definition) is 3. The predicted octanol–water partition coefficient (Wildman–Crippen LogP) is 2.64. The first-order chi connectivity index (χ1) is 9.99. The molecule has 0 bridgehead atoms. The Bertz CT molecular complexity index is 588. The van der Waals surface area contributed by atoms with E-state index in [1.807, 2.05) is 17.9 Å². The van der Waals surface area contributed by atoms with E-state index >= 15 is 0 Å². The van der Waals surface area contributed by atoms with E-state index in [2.05, 4.69) is 55.3 Å². The van der Waals surface area contributed by atoms with Gasteiger partial charge in [-0.3, -0.25) is 4.68 Å². The molecule has 4 nitrogen and oxygen atoms in total. The monoisotopic (exact) mass is 286 g/mol. The van der Waals surface area contributed by atoms with E-state index < -0.39 is 0 Å². The maximum atomic E-state index is 6.15. The highest BCUT2D eigenvalue weighted by molar-refractivity contribution is 5.55. The first kappa shape index (κ1) is 15.6. The van der Waals surface area contributed by atoms with E-state index in [1.165, 1.54) is 22.4 Å². The average molecular weight is 286 g/mol. The third-order valence-electron chi connectivity index (χ3n) is 3.83. The van der Waals surface area contributed by atoms with Crippen molar-refractivity contribution in [3.05, 3.63) is 47.3 Å². The van der Waals surface area contributed by atoms with Crippen molar-refractivity contribution in [3.8, 4) is 0 Å². The normalized spacial score (nSPS) is 12.4. The summed E-state index contributed by atoms with van der Waals surface area (Å²) in [6.07, 6.45) is 5.90. The standard InChI is InChI=1S/C17H26N4/c1-5-16(18)9-15-8-13(2)6-7-17(15)20(3)11-14-10-19-21(4)12-14/h6-8,10,12,16H,5,9,11,18H2,1-4H3. The van der Waals surface area contributed by atoms with Crippen molar-refractivity contribution in [1.29, 1.82) is 0 Å². The Morgan fingerprint density at radius 1 is 1.38 bits per heavy atom. The fourth-order valence-corrected chi connectivity index (χ4v) is 2.59. The van der Waals surface area contributed by atoms with E-state index in [9.17, 15) is 0 Å². The van der Waals surface area contributed by atoms with Crippen LogP contribution >= 0.6 is 0 Å². The number of nitrogens with zero attached hydrogens (tertiary/aromatic N) is 3. The van der Waals surface area contributed by atoms with Gasteiger partial charge < -0.3 is 10.6 Å². The highest BCUT2D eigenvalue weighted by Gasteiger charge is 2.11. The SMILES string of the molecule is CCC(N)Cc1cc(C)ccc1N(C)Cc1cnn(C)c1. The van der Waals surface area contributed by atoms with Crippen molar-refractivity contribution in [1.82, 2.24) is 9.78 Å². The zero-order valence-corrected chi connectivity index (χ0v) is 13.5. The first-order valence-corrected chi connectivity index (χ1v) is 7.53. The lowest BCUT2D eigenvalue weighted by atomic mass is 10.00. The molecular formula is C17H26N4. The molecule has 4 heteroatoms. The van der Waals surface area contributed by atoms with Crippen LogP contribution in [-0.2, 0) is 20.0 Å². The van der Waals surface area contributed by atoms with Crippen LogP contribution < -0.4 is 10.6 Å². The Morgan fingerprint density at radius 2 is 2.14 bits per heavy atom. The molecule has 0 saturated heterocycles. The summed E-state index contributed by atoms with van der Waals surface area (Å²) in [5.74, 6) is 0. The quantitative estimate of drug-likeness (QED) is 0.888. The summed E-state index contributed by atoms with van der Waals surface area (Å²) in [5, 5.41) is 4.23. The van der Waals surface area contributed by atoms with Gasteiger partial charge in [0.05, 0.1) is 6.20 Å². The molecule has 1 unspecified atom stereocenters. The van der Waals surface area contributed by atoms with Crippen molar-refractivity contribution in [2.75, 3.05) is 11.9 Å². The van der Waals surface area contributed by atoms with Gasteiger partial charge in [0.1, 0.15) is 0 Å². The second-order valence-electron chi connectivity index (χ2n) is 5.88. The average Bonchev–Trinajstić information content (AvgIpc) is 2.84. The summed E-state index contributed by atoms with van der Waals surface area (Å²) in [7, 11) is 4.07. The van der Waals surface area contributed by atoms with Gasteiger partial charge in [-0.05, 0) is 31.4 Å². The lowest BCUT2D eigenvalue weighted by molar-refractivity contribution is 0.645. The largest absolute Gasteiger partial charge is 0.370 e. The third-order valence-corrected chi connectivity index (χ3v) is 3.83. The molecule has 114 valence electrons. The summed E-state index contributed by atoms with van der Waals surface area (Å²) in [6, 6.07) is 6.83. The Hall–Kier alpha value is -1.81. The van der Waals surface area contributed by atoms with Gasteiger partial charge in [0.2, 0.25) is 0 Å². The van der Waals surface area contributed by atoms with Gasteiger partial charge >= 0.3 is 0 Å². The Labute approximate surface area is 127 Å². The molecular weight excluding hydrogens is 260 g/mol. The van der Waals surface area contributed by atoms with E-state index in [4.69, 9.17) is 5.73 Å². The van der Waals surface area contributed by atoms with Gasteiger partial charge in [-0.15, -0.1) is 0 Å². The van der Waals surface area contributed by atoms with Crippen molar-refractivity contribution >= 4 is 5.69 Å². The molecule has 21 heavy (non-hydrogen) atoms. The van der Waals surface area contributed by atoms with Crippen LogP contribution in [0.1, 0.15) is 30.0 Å². The number of aryl methyl sites for hydroxylation is 2. The van der Waals surface area contributed by atoms with Crippen molar-refractivity contribution in [2.24, 2.45) is 12.8 Å². The Balaban J connectivity index is 2.20. The minimum absolute atomic E-state index is 0.220. The molecule has 1 heterocycles. The fraction of sp³-hybridized carbons (Fsp3) is 0.471. The van der Waals surface area contributed by atoms with Crippen LogP contribution in [0.2, 0.25) is 0 Å². The minimum Gasteiger partial charge on any atom is -0.370 e. The summed E-state index contributed by atoms with van der Waals surface area (Å²) in [4.78, 5) is 2.27. The minimum atomic E-state index is 0.220. The molecule has 0 amide bonds. The second-order valence-corrected chi connectivity index (χ2v) is 5.88. The van der Waals surface area contributed by atoms with Gasteiger partial charge in [-0.25, -0.2) is 0 Å². The van der Waals surface area contributed by atoms with E-state index in [1.54, 1.807) is 0 Å². The highest BCUT2D eigenvalue weighted by atomic mass is 15.2. The predicted molar refractivity (Wildman–Crippen MR) is 88.5 cm³/mol. The molecule has 0 spiro atoms. The van der Waals surface area contributed by atoms with Crippen LogP contribution in [0.3, 0.4) is 0 Å². The van der Waals surface area contributed by atoms with Gasteiger partial charge in [-0.1, -0.05) is 24.6 Å². The number of benzene rings is 1. The molecule has 0 aliphatic rings. The number of nitrogens with two attached hydrogens (primary N) is 1. The molecule has 0 radical (unpaired) electrons. The Kier molecular flexibility index (Phi) is 5.02. The zero-order valence-electron chi connectivity index (χ0n) is 13.5. The number of rotatable bonds is 6. The van der Waals surface area contributed by atoms with E-state index in [0.29, 0.717) is 0 Å². The molecule has 2 rings (SSSR count). The third kappa shape index (κ3) is 4.08. The number of aromatic nitrogens is 2. The Morgan fingerprint density at radius 3 is 2.76 bits per heavy atom. The molecule has 0 aliphatic heterocycles. The number of anilines is 1. The van der Waals surface area contributed by atoms with Crippen molar-refractivity contribution in [2.45, 2.75) is 39.3 Å². The van der Waals surface area contributed by atoms with Gasteiger partial charge in [0.25, 0.3) is 0 Å². The molecule has 0 fully saturated rings. The lowest BCUT2D eigenvalue weighted by Gasteiger charge is -2.23. The maximum Gasteiger partial charge on any atom is 0.0539 e. The smallest absolute Gasteiger partial charge is 0.0539 e. The maximum absolute atomic E-state index is 6.15. The first-order valence-electron chi connectivity index (χ1n) is 7.53. The summed E-state index contributed by atoms with van der Waals surface area (Å²) in [5.41, 5.74) is 11.2. The summed E-state index contributed by atoms with van der Waals surface area (Å²) >= 11 is 0. The van der Waals surface area contributed by atoms with Crippen molar-refractivity contribution in [3.63, 3.8) is 0 Å². The lowest BCUT2D eigenvalue weighted by Crippen LogP contribution is -2.24. The zero-order chi connectivity index (χ0) is 15.4. The fourth-order valence-electron chi connectivity index (χ4n) is 2.59. The van der Waals surface area contributed by atoms with Crippen LogP contribution in [0.4, 0.5) is 5.69 Å². The van der Waals surface area contributed by atoms with Crippen LogP contribution in [0, 0.1) is 6.92 Å². The van der Waals surface area contributed by atoms with Crippen LogP contribution in [0.25, 0.3) is 0 Å². The second kappa shape index (κ2) is 6.76. The molecule has 2 aromatic rings. The van der Waals surface area contributed by atoms with Gasteiger partial charge in [0.15, 0.2) is 0 Å². The van der Waals surface area contributed by atoms with Crippen LogP contribution in [0.15, 0.2) is 30.6 Å². The topological polar surface area (TPSA) is 47.1 Å².